The van der Waals surface area contributed by atoms with Crippen molar-refractivity contribution in [3.8, 4) is 0 Å². The molecule has 1 atom stereocenters. The second-order valence-electron chi connectivity index (χ2n) is 7.52. The molecule has 0 radical (unpaired) electrons. The van der Waals surface area contributed by atoms with Gasteiger partial charge in [0.2, 0.25) is 5.91 Å². The van der Waals surface area contributed by atoms with E-state index in [9.17, 15) is 4.79 Å². The molecule has 1 aromatic heterocycles. The summed E-state index contributed by atoms with van der Waals surface area (Å²) in [5.74, 6) is 0.609. The Morgan fingerprint density at radius 1 is 1.04 bits per heavy atom. The molecular weight excluding hydrogens is 300 g/mol. The lowest BCUT2D eigenvalue weighted by Crippen LogP contribution is -2.53. The monoisotopic (exact) mass is 332 g/mol. The molecule has 0 aromatic carbocycles. The van der Waals surface area contributed by atoms with E-state index in [2.05, 4.69) is 57.6 Å². The second-order valence-corrected chi connectivity index (χ2v) is 7.52. The summed E-state index contributed by atoms with van der Waals surface area (Å²) < 4.78 is 2.22. The topological polar surface area (TPSA) is 31.7 Å². The maximum Gasteiger partial charge on any atom is 0.227 e. The van der Waals surface area contributed by atoms with Crippen LogP contribution in [0.5, 0.6) is 0 Å². The van der Waals surface area contributed by atoms with Gasteiger partial charge in [0.1, 0.15) is 0 Å². The van der Waals surface area contributed by atoms with Crippen molar-refractivity contribution in [2.75, 3.05) is 45.8 Å². The van der Waals surface area contributed by atoms with Gasteiger partial charge in [0.05, 0.1) is 5.92 Å². The van der Waals surface area contributed by atoms with Crippen LogP contribution in [0.1, 0.15) is 26.7 Å². The fourth-order valence-corrected chi connectivity index (χ4v) is 3.90. The molecule has 0 aliphatic carbocycles. The second kappa shape index (κ2) is 8.17. The van der Waals surface area contributed by atoms with Crippen molar-refractivity contribution in [3.63, 3.8) is 0 Å². The first-order chi connectivity index (χ1) is 11.6. The van der Waals surface area contributed by atoms with Gasteiger partial charge in [0.25, 0.3) is 0 Å². The Bertz CT molecular complexity index is 505. The summed E-state index contributed by atoms with van der Waals surface area (Å²) in [6.45, 7) is 12.5. The van der Waals surface area contributed by atoms with E-state index in [0.717, 1.165) is 65.2 Å². The minimum absolute atomic E-state index is 0.215. The fourth-order valence-electron chi connectivity index (χ4n) is 3.90. The van der Waals surface area contributed by atoms with Gasteiger partial charge in [-0.05, 0) is 45.4 Å². The number of amides is 1. The number of hydrogen-bond acceptors (Lipinski definition) is 3. The number of aromatic nitrogens is 1. The van der Waals surface area contributed by atoms with Crippen molar-refractivity contribution >= 4 is 5.91 Å². The molecule has 5 nitrogen and oxygen atoms in total. The zero-order valence-corrected chi connectivity index (χ0v) is 15.2. The standard InChI is InChI=1S/C19H32N4O/c1-17(2)23-9-5-6-18(16-23)19(24)22-14-12-21(13-15-22)11-10-20-7-3-4-8-20/h3-4,7-8,17-18H,5-6,9-16H2,1-2H3/t18-/m0/s1. The predicted octanol–water partition coefficient (Wildman–Crippen LogP) is 1.75. The third-order valence-corrected chi connectivity index (χ3v) is 5.56. The summed E-state index contributed by atoms with van der Waals surface area (Å²) in [6.07, 6.45) is 6.45. The number of piperidine rings is 1. The van der Waals surface area contributed by atoms with Crippen LogP contribution >= 0.6 is 0 Å². The summed E-state index contributed by atoms with van der Waals surface area (Å²) >= 11 is 0. The first kappa shape index (κ1) is 17.5. The van der Waals surface area contributed by atoms with Crippen LogP contribution in [0.15, 0.2) is 24.5 Å². The quantitative estimate of drug-likeness (QED) is 0.823. The molecule has 0 N–H and O–H groups in total. The molecule has 1 amide bonds. The smallest absolute Gasteiger partial charge is 0.227 e. The molecule has 0 spiro atoms. The molecule has 1 aromatic rings. The Morgan fingerprint density at radius 2 is 1.75 bits per heavy atom. The Balaban J connectivity index is 1.43. The number of hydrogen-bond donors (Lipinski definition) is 0. The molecule has 0 unspecified atom stereocenters. The Labute approximate surface area is 146 Å². The Kier molecular flexibility index (Phi) is 5.95. The zero-order chi connectivity index (χ0) is 16.9. The van der Waals surface area contributed by atoms with E-state index in [-0.39, 0.29) is 5.92 Å². The first-order valence-corrected chi connectivity index (χ1v) is 9.49. The van der Waals surface area contributed by atoms with E-state index in [1.54, 1.807) is 0 Å². The minimum Gasteiger partial charge on any atom is -0.353 e. The Hall–Kier alpha value is -1.33. The lowest BCUT2D eigenvalue weighted by atomic mass is 9.95. The summed E-state index contributed by atoms with van der Waals surface area (Å²) in [7, 11) is 0. The van der Waals surface area contributed by atoms with Crippen LogP contribution in [0.2, 0.25) is 0 Å². The maximum atomic E-state index is 12.8. The van der Waals surface area contributed by atoms with Crippen molar-refractivity contribution < 1.29 is 4.79 Å². The van der Waals surface area contributed by atoms with E-state index in [1.165, 1.54) is 0 Å². The van der Waals surface area contributed by atoms with Gasteiger partial charge in [-0.1, -0.05) is 0 Å². The zero-order valence-electron chi connectivity index (χ0n) is 15.2. The molecule has 2 saturated heterocycles. The van der Waals surface area contributed by atoms with E-state index in [1.807, 2.05) is 0 Å². The van der Waals surface area contributed by atoms with Crippen molar-refractivity contribution in [1.82, 2.24) is 19.3 Å². The van der Waals surface area contributed by atoms with Gasteiger partial charge in [-0.15, -0.1) is 0 Å². The number of rotatable bonds is 5. The Morgan fingerprint density at radius 3 is 2.42 bits per heavy atom. The maximum absolute atomic E-state index is 12.8. The summed E-state index contributed by atoms with van der Waals surface area (Å²) in [6, 6.07) is 4.69. The van der Waals surface area contributed by atoms with Gasteiger partial charge in [-0.3, -0.25) is 9.69 Å². The molecule has 0 saturated carbocycles. The third kappa shape index (κ3) is 4.39. The SMILES string of the molecule is CC(C)N1CCC[C@H](C(=O)N2CCN(CCn3cccc3)CC2)C1. The van der Waals surface area contributed by atoms with E-state index in [0.29, 0.717) is 11.9 Å². The number of piperazine rings is 1. The fraction of sp³-hybridized carbons (Fsp3) is 0.737. The lowest BCUT2D eigenvalue weighted by molar-refractivity contribution is -0.139. The van der Waals surface area contributed by atoms with Gasteiger partial charge in [0.15, 0.2) is 0 Å². The highest BCUT2D eigenvalue weighted by Gasteiger charge is 2.31. The van der Waals surface area contributed by atoms with Crippen molar-refractivity contribution in [2.45, 2.75) is 39.3 Å². The molecule has 134 valence electrons. The summed E-state index contributed by atoms with van der Waals surface area (Å²) in [5, 5.41) is 0. The molecule has 3 rings (SSSR count). The molecule has 24 heavy (non-hydrogen) atoms. The van der Waals surface area contributed by atoms with Gasteiger partial charge < -0.3 is 14.4 Å². The average Bonchev–Trinajstić information content (AvgIpc) is 3.13. The number of nitrogens with zero attached hydrogens (tertiary/aromatic N) is 4. The summed E-state index contributed by atoms with van der Waals surface area (Å²) in [4.78, 5) is 19.9. The van der Waals surface area contributed by atoms with Crippen LogP contribution in [-0.2, 0) is 11.3 Å². The van der Waals surface area contributed by atoms with Crippen molar-refractivity contribution in [2.24, 2.45) is 5.92 Å². The highest BCUT2D eigenvalue weighted by atomic mass is 16.2. The van der Waals surface area contributed by atoms with Crippen LogP contribution in [0, 0.1) is 5.92 Å². The number of likely N-dealkylation sites (tertiary alicyclic amines) is 1. The van der Waals surface area contributed by atoms with Gasteiger partial charge in [-0.25, -0.2) is 0 Å². The third-order valence-electron chi connectivity index (χ3n) is 5.56. The van der Waals surface area contributed by atoms with E-state index >= 15 is 0 Å². The number of carbonyl (C=O) groups excluding carboxylic acids is 1. The van der Waals surface area contributed by atoms with Crippen LogP contribution in [0.4, 0.5) is 0 Å². The molecule has 2 aliphatic heterocycles. The number of carbonyl (C=O) groups is 1. The first-order valence-electron chi connectivity index (χ1n) is 9.49. The summed E-state index contributed by atoms with van der Waals surface area (Å²) in [5.41, 5.74) is 0. The van der Waals surface area contributed by atoms with Crippen molar-refractivity contribution in [3.05, 3.63) is 24.5 Å². The average molecular weight is 332 g/mol. The molecule has 0 bridgehead atoms. The van der Waals surface area contributed by atoms with Crippen LogP contribution in [0.25, 0.3) is 0 Å². The largest absolute Gasteiger partial charge is 0.353 e. The van der Waals surface area contributed by atoms with E-state index in [4.69, 9.17) is 0 Å². The molecule has 2 aliphatic rings. The van der Waals surface area contributed by atoms with Crippen LogP contribution < -0.4 is 0 Å². The predicted molar refractivity (Wildman–Crippen MR) is 96.9 cm³/mol. The lowest BCUT2D eigenvalue weighted by Gasteiger charge is -2.40. The van der Waals surface area contributed by atoms with Crippen molar-refractivity contribution in [1.29, 1.82) is 0 Å². The van der Waals surface area contributed by atoms with Crippen LogP contribution in [0.3, 0.4) is 0 Å². The normalized spacial score (nSPS) is 23.8. The molecule has 5 heteroatoms. The van der Waals surface area contributed by atoms with Crippen LogP contribution in [-0.4, -0.2) is 77.0 Å². The highest BCUT2D eigenvalue weighted by molar-refractivity contribution is 5.79. The van der Waals surface area contributed by atoms with Gasteiger partial charge in [-0.2, -0.15) is 0 Å². The van der Waals surface area contributed by atoms with E-state index < -0.39 is 0 Å². The van der Waals surface area contributed by atoms with Gasteiger partial charge in [0, 0.05) is 64.2 Å². The molecular formula is C19H32N4O. The minimum atomic E-state index is 0.215. The highest BCUT2D eigenvalue weighted by Crippen LogP contribution is 2.21. The molecule has 2 fully saturated rings. The van der Waals surface area contributed by atoms with Gasteiger partial charge >= 0.3 is 0 Å². The molecule has 3 heterocycles.